The lowest BCUT2D eigenvalue weighted by Crippen LogP contribution is -2.32. The summed E-state index contributed by atoms with van der Waals surface area (Å²) in [5.74, 6) is 0.0477. The SMILES string of the molecule is CCOC(=O)CCNC(=O)C1COc2ccccc21. The molecule has 1 heterocycles. The molecule has 0 spiro atoms. The van der Waals surface area contributed by atoms with Crippen LogP contribution < -0.4 is 10.1 Å². The highest BCUT2D eigenvalue weighted by atomic mass is 16.5. The van der Waals surface area contributed by atoms with Crippen molar-refractivity contribution in [2.45, 2.75) is 19.3 Å². The van der Waals surface area contributed by atoms with Crippen LogP contribution in [0.15, 0.2) is 24.3 Å². The normalized spacial score (nSPS) is 16.4. The molecule has 1 atom stereocenters. The number of esters is 1. The van der Waals surface area contributed by atoms with Gasteiger partial charge in [0.25, 0.3) is 0 Å². The lowest BCUT2D eigenvalue weighted by molar-refractivity contribution is -0.143. The van der Waals surface area contributed by atoms with Crippen LogP contribution in [0.5, 0.6) is 5.75 Å². The second-order valence-corrected chi connectivity index (χ2v) is 4.25. The van der Waals surface area contributed by atoms with Crippen LogP contribution in [0.3, 0.4) is 0 Å². The van der Waals surface area contributed by atoms with E-state index in [0.717, 1.165) is 11.3 Å². The van der Waals surface area contributed by atoms with E-state index in [2.05, 4.69) is 5.32 Å². The maximum atomic E-state index is 12.0. The number of para-hydroxylation sites is 1. The van der Waals surface area contributed by atoms with Gasteiger partial charge in [0, 0.05) is 12.1 Å². The van der Waals surface area contributed by atoms with Crippen LogP contribution in [0.25, 0.3) is 0 Å². The Hall–Kier alpha value is -2.04. The Morgan fingerprint density at radius 3 is 3.00 bits per heavy atom. The smallest absolute Gasteiger partial charge is 0.307 e. The number of amides is 1. The predicted octanol–water partition coefficient (Wildman–Crippen LogP) is 1.23. The summed E-state index contributed by atoms with van der Waals surface area (Å²) >= 11 is 0. The maximum absolute atomic E-state index is 12.0. The van der Waals surface area contributed by atoms with E-state index in [1.807, 2.05) is 24.3 Å². The largest absolute Gasteiger partial charge is 0.492 e. The molecule has 2 rings (SSSR count). The highest BCUT2D eigenvalue weighted by molar-refractivity contribution is 5.85. The molecule has 5 nitrogen and oxygen atoms in total. The molecule has 0 saturated heterocycles. The quantitative estimate of drug-likeness (QED) is 0.812. The van der Waals surface area contributed by atoms with Gasteiger partial charge in [0.1, 0.15) is 18.3 Å². The van der Waals surface area contributed by atoms with E-state index in [4.69, 9.17) is 9.47 Å². The summed E-state index contributed by atoms with van der Waals surface area (Å²) in [7, 11) is 0. The van der Waals surface area contributed by atoms with E-state index in [0.29, 0.717) is 13.2 Å². The number of carbonyl (C=O) groups excluding carboxylic acids is 2. The van der Waals surface area contributed by atoms with E-state index in [1.165, 1.54) is 0 Å². The fraction of sp³-hybridized carbons (Fsp3) is 0.429. The maximum Gasteiger partial charge on any atom is 0.307 e. The highest BCUT2D eigenvalue weighted by Crippen LogP contribution is 2.33. The molecule has 5 heteroatoms. The molecule has 1 unspecified atom stereocenters. The van der Waals surface area contributed by atoms with Crippen molar-refractivity contribution in [3.63, 3.8) is 0 Å². The summed E-state index contributed by atoms with van der Waals surface area (Å²) in [6.45, 7) is 2.75. The first-order valence-electron chi connectivity index (χ1n) is 6.37. The van der Waals surface area contributed by atoms with Crippen LogP contribution in [-0.2, 0) is 14.3 Å². The van der Waals surface area contributed by atoms with Gasteiger partial charge in [-0.05, 0) is 13.0 Å². The van der Waals surface area contributed by atoms with Crippen LogP contribution in [0.2, 0.25) is 0 Å². The van der Waals surface area contributed by atoms with Gasteiger partial charge < -0.3 is 14.8 Å². The predicted molar refractivity (Wildman–Crippen MR) is 68.9 cm³/mol. The Kier molecular flexibility index (Phi) is 4.39. The Morgan fingerprint density at radius 2 is 2.21 bits per heavy atom. The Bertz CT molecular complexity index is 472. The van der Waals surface area contributed by atoms with Crippen molar-refractivity contribution in [2.75, 3.05) is 19.8 Å². The molecule has 1 N–H and O–H groups in total. The Labute approximate surface area is 111 Å². The number of nitrogens with one attached hydrogen (secondary N) is 1. The number of ether oxygens (including phenoxy) is 2. The Balaban J connectivity index is 1.83. The summed E-state index contributed by atoms with van der Waals surface area (Å²) in [5, 5.41) is 2.74. The minimum atomic E-state index is -0.300. The van der Waals surface area contributed by atoms with Crippen LogP contribution in [0.1, 0.15) is 24.8 Å². The van der Waals surface area contributed by atoms with Crippen molar-refractivity contribution < 1.29 is 19.1 Å². The minimum Gasteiger partial charge on any atom is -0.492 e. The van der Waals surface area contributed by atoms with E-state index < -0.39 is 0 Å². The lowest BCUT2D eigenvalue weighted by Gasteiger charge is -2.09. The van der Waals surface area contributed by atoms with Crippen LogP contribution >= 0.6 is 0 Å². The second kappa shape index (κ2) is 6.22. The van der Waals surface area contributed by atoms with Gasteiger partial charge >= 0.3 is 5.97 Å². The van der Waals surface area contributed by atoms with Crippen molar-refractivity contribution in [3.8, 4) is 5.75 Å². The third-order valence-corrected chi connectivity index (χ3v) is 2.95. The molecule has 0 bridgehead atoms. The minimum absolute atomic E-state index is 0.116. The first kappa shape index (κ1) is 13.4. The van der Waals surface area contributed by atoms with Gasteiger partial charge in [0.15, 0.2) is 0 Å². The topological polar surface area (TPSA) is 64.6 Å². The van der Waals surface area contributed by atoms with Crippen molar-refractivity contribution in [3.05, 3.63) is 29.8 Å². The average Bonchev–Trinajstić information content (AvgIpc) is 2.82. The molecule has 0 saturated carbocycles. The summed E-state index contributed by atoms with van der Waals surface area (Å²) < 4.78 is 10.2. The van der Waals surface area contributed by atoms with Crippen LogP contribution in [0.4, 0.5) is 0 Å². The van der Waals surface area contributed by atoms with E-state index >= 15 is 0 Å². The van der Waals surface area contributed by atoms with Crippen molar-refractivity contribution in [1.82, 2.24) is 5.32 Å². The molecular formula is C14H17NO4. The zero-order valence-corrected chi connectivity index (χ0v) is 10.8. The van der Waals surface area contributed by atoms with Gasteiger partial charge in [-0.3, -0.25) is 9.59 Å². The molecule has 1 aliphatic rings. The monoisotopic (exact) mass is 263 g/mol. The molecule has 1 aromatic carbocycles. The number of hydrogen-bond donors (Lipinski definition) is 1. The standard InChI is InChI=1S/C14H17NO4/c1-2-18-13(16)7-8-15-14(17)11-9-19-12-6-4-3-5-10(11)12/h3-6,11H,2,7-9H2,1H3,(H,15,17). The summed E-state index contributed by atoms with van der Waals surface area (Å²) in [6.07, 6.45) is 0.189. The number of hydrogen-bond acceptors (Lipinski definition) is 4. The van der Waals surface area contributed by atoms with Crippen molar-refractivity contribution in [1.29, 1.82) is 0 Å². The Morgan fingerprint density at radius 1 is 1.42 bits per heavy atom. The molecule has 102 valence electrons. The van der Waals surface area contributed by atoms with Crippen molar-refractivity contribution >= 4 is 11.9 Å². The fourth-order valence-electron chi connectivity index (χ4n) is 2.02. The molecular weight excluding hydrogens is 246 g/mol. The molecule has 1 aromatic rings. The van der Waals surface area contributed by atoms with Gasteiger partial charge in [0.05, 0.1) is 13.0 Å². The molecule has 1 amide bonds. The molecule has 0 fully saturated rings. The molecule has 19 heavy (non-hydrogen) atoms. The van der Waals surface area contributed by atoms with Gasteiger partial charge in [-0.2, -0.15) is 0 Å². The molecule has 0 aliphatic carbocycles. The van der Waals surface area contributed by atoms with Crippen LogP contribution in [0, 0.1) is 0 Å². The third-order valence-electron chi connectivity index (χ3n) is 2.95. The zero-order valence-electron chi connectivity index (χ0n) is 10.8. The number of carbonyl (C=O) groups is 2. The van der Waals surface area contributed by atoms with Gasteiger partial charge in [0.2, 0.25) is 5.91 Å². The highest BCUT2D eigenvalue weighted by Gasteiger charge is 2.29. The van der Waals surface area contributed by atoms with E-state index in [9.17, 15) is 9.59 Å². The van der Waals surface area contributed by atoms with Gasteiger partial charge in [-0.1, -0.05) is 18.2 Å². The summed E-state index contributed by atoms with van der Waals surface area (Å²) in [6, 6.07) is 7.49. The average molecular weight is 263 g/mol. The third kappa shape index (κ3) is 3.24. The van der Waals surface area contributed by atoms with Gasteiger partial charge in [-0.25, -0.2) is 0 Å². The molecule has 0 aromatic heterocycles. The fourth-order valence-corrected chi connectivity index (χ4v) is 2.02. The number of rotatable bonds is 5. The van der Waals surface area contributed by atoms with Gasteiger partial charge in [-0.15, -0.1) is 0 Å². The summed E-state index contributed by atoms with van der Waals surface area (Å²) in [5.41, 5.74) is 0.899. The van der Waals surface area contributed by atoms with E-state index in [1.54, 1.807) is 6.92 Å². The van der Waals surface area contributed by atoms with Crippen LogP contribution in [-0.4, -0.2) is 31.6 Å². The zero-order chi connectivity index (χ0) is 13.7. The second-order valence-electron chi connectivity index (χ2n) is 4.25. The molecule has 1 aliphatic heterocycles. The van der Waals surface area contributed by atoms with E-state index in [-0.39, 0.29) is 30.8 Å². The van der Waals surface area contributed by atoms with Crippen molar-refractivity contribution in [2.24, 2.45) is 0 Å². The number of fused-ring (bicyclic) bond motifs is 1. The lowest BCUT2D eigenvalue weighted by atomic mass is 10.0. The molecule has 0 radical (unpaired) electrons. The summed E-state index contributed by atoms with van der Waals surface area (Å²) in [4.78, 5) is 23.2. The first-order valence-corrected chi connectivity index (χ1v) is 6.37. The first-order chi connectivity index (χ1) is 9.22. The number of benzene rings is 1.